The summed E-state index contributed by atoms with van der Waals surface area (Å²) in [6.07, 6.45) is 6.94. The number of piperidine rings is 3. The molecule has 6 heteroatoms. The first-order valence-electron chi connectivity index (χ1n) is 9.70. The fourth-order valence-electron chi connectivity index (χ4n) is 4.70. The number of carbonyl (C=O) groups is 1. The zero-order chi connectivity index (χ0) is 18.2. The molecular formula is C22H24ClN3O2. The lowest BCUT2D eigenvalue weighted by Gasteiger charge is -2.51. The lowest BCUT2D eigenvalue weighted by atomic mass is 9.76. The molecule has 3 aliphatic rings. The summed E-state index contributed by atoms with van der Waals surface area (Å²) in [4.78, 5) is 19.7. The molecular weight excluding hydrogens is 374 g/mol. The van der Waals surface area contributed by atoms with Crippen LogP contribution >= 0.6 is 12.4 Å². The summed E-state index contributed by atoms with van der Waals surface area (Å²) >= 11 is 0. The fraction of sp³-hybridized carbons (Fsp3) is 0.364. The molecule has 1 aromatic carbocycles. The first kappa shape index (κ1) is 19.0. The third-order valence-corrected chi connectivity index (χ3v) is 6.08. The van der Waals surface area contributed by atoms with E-state index in [1.807, 2.05) is 42.6 Å². The Balaban J connectivity index is 0.00000192. The molecule has 1 N–H and O–H groups in total. The van der Waals surface area contributed by atoms with Gasteiger partial charge in [0.25, 0.3) is 5.91 Å². The van der Waals surface area contributed by atoms with Crippen molar-refractivity contribution in [2.24, 2.45) is 5.92 Å². The molecule has 6 rings (SSSR count). The lowest BCUT2D eigenvalue weighted by molar-refractivity contribution is 0.0131. The highest BCUT2D eigenvalue weighted by atomic mass is 35.5. The number of pyridine rings is 1. The summed E-state index contributed by atoms with van der Waals surface area (Å²) in [5, 5.41) is 4.26. The SMILES string of the molecule is Cl.O=C(N[C@H]1C2CCN(CC2)[C@H]1Cc1cccnc1)c1cc2ccccc2o1. The summed E-state index contributed by atoms with van der Waals surface area (Å²) < 4.78 is 5.77. The summed E-state index contributed by atoms with van der Waals surface area (Å²) in [7, 11) is 0. The van der Waals surface area contributed by atoms with Gasteiger partial charge >= 0.3 is 0 Å². The van der Waals surface area contributed by atoms with Gasteiger partial charge in [0.1, 0.15) is 5.58 Å². The molecule has 5 nitrogen and oxygen atoms in total. The first-order valence-corrected chi connectivity index (χ1v) is 9.70. The zero-order valence-corrected chi connectivity index (χ0v) is 16.4. The Kier molecular flexibility index (Phi) is 5.38. The predicted octanol–water partition coefficient (Wildman–Crippen LogP) is 3.68. The van der Waals surface area contributed by atoms with Gasteiger partial charge in [-0.1, -0.05) is 24.3 Å². The van der Waals surface area contributed by atoms with E-state index in [1.165, 1.54) is 5.56 Å². The van der Waals surface area contributed by atoms with Crippen LogP contribution in [0.4, 0.5) is 0 Å². The number of furan rings is 1. The predicted molar refractivity (Wildman–Crippen MR) is 111 cm³/mol. The van der Waals surface area contributed by atoms with Crippen molar-refractivity contribution in [3.8, 4) is 0 Å². The molecule has 28 heavy (non-hydrogen) atoms. The minimum Gasteiger partial charge on any atom is -0.451 e. The van der Waals surface area contributed by atoms with E-state index in [9.17, 15) is 4.79 Å². The van der Waals surface area contributed by atoms with Gasteiger partial charge in [-0.3, -0.25) is 14.7 Å². The van der Waals surface area contributed by atoms with Crippen molar-refractivity contribution >= 4 is 29.3 Å². The van der Waals surface area contributed by atoms with Gasteiger partial charge in [-0.15, -0.1) is 12.4 Å². The summed E-state index contributed by atoms with van der Waals surface area (Å²) in [5.74, 6) is 0.818. The van der Waals surface area contributed by atoms with Crippen molar-refractivity contribution < 1.29 is 9.21 Å². The van der Waals surface area contributed by atoms with Crippen LogP contribution < -0.4 is 5.32 Å². The second-order valence-corrected chi connectivity index (χ2v) is 7.65. The smallest absolute Gasteiger partial charge is 0.287 e. The zero-order valence-electron chi connectivity index (χ0n) is 15.6. The van der Waals surface area contributed by atoms with E-state index in [2.05, 4.69) is 21.3 Å². The Hall–Kier alpha value is -2.37. The van der Waals surface area contributed by atoms with Crippen LogP contribution in [-0.2, 0) is 6.42 Å². The van der Waals surface area contributed by atoms with Crippen LogP contribution in [0.15, 0.2) is 59.3 Å². The second kappa shape index (κ2) is 7.94. The highest BCUT2D eigenvalue weighted by molar-refractivity contribution is 5.96. The standard InChI is InChI=1S/C22H23N3O2.ClH/c26-22(20-13-17-5-1-2-6-19(17)27-20)24-21-16-7-10-25(11-8-16)18(21)12-15-4-3-9-23-14-15;/h1-6,9,13-14,16,18,21H,7-8,10-12H2,(H,24,26);1H/t18-,21-;/m0./s1. The third kappa shape index (κ3) is 3.52. The number of fused-ring (bicyclic) bond motifs is 4. The summed E-state index contributed by atoms with van der Waals surface area (Å²) in [6, 6.07) is 14.1. The fourth-order valence-corrected chi connectivity index (χ4v) is 4.70. The Morgan fingerprint density at radius 1 is 1.18 bits per heavy atom. The molecule has 3 aromatic rings. The number of amides is 1. The lowest BCUT2D eigenvalue weighted by Crippen LogP contribution is -2.64. The number of halogens is 1. The average Bonchev–Trinajstić information content (AvgIpc) is 3.16. The van der Waals surface area contributed by atoms with Crippen molar-refractivity contribution in [2.45, 2.75) is 31.3 Å². The van der Waals surface area contributed by atoms with E-state index in [-0.39, 0.29) is 24.4 Å². The number of carbonyl (C=O) groups excluding carboxylic acids is 1. The molecule has 146 valence electrons. The van der Waals surface area contributed by atoms with E-state index in [4.69, 9.17) is 4.42 Å². The number of hydrogen-bond donors (Lipinski definition) is 1. The van der Waals surface area contributed by atoms with Crippen LogP contribution in [0.1, 0.15) is 29.0 Å². The minimum absolute atomic E-state index is 0. The maximum atomic E-state index is 12.9. The van der Waals surface area contributed by atoms with Crippen LogP contribution in [0, 0.1) is 5.92 Å². The quantitative estimate of drug-likeness (QED) is 0.729. The normalized spacial score (nSPS) is 26.0. The Morgan fingerprint density at radius 2 is 2.00 bits per heavy atom. The molecule has 3 saturated heterocycles. The second-order valence-electron chi connectivity index (χ2n) is 7.65. The monoisotopic (exact) mass is 397 g/mol. The highest BCUT2D eigenvalue weighted by Gasteiger charge is 2.43. The Labute approximate surface area is 170 Å². The van der Waals surface area contributed by atoms with Gasteiger partial charge in [-0.2, -0.15) is 0 Å². The molecule has 2 atom stereocenters. The van der Waals surface area contributed by atoms with E-state index in [0.29, 0.717) is 17.7 Å². The molecule has 0 radical (unpaired) electrons. The maximum absolute atomic E-state index is 12.9. The molecule has 3 aliphatic heterocycles. The molecule has 2 aromatic heterocycles. The largest absolute Gasteiger partial charge is 0.451 e. The molecule has 0 unspecified atom stereocenters. The van der Waals surface area contributed by atoms with Gasteiger partial charge in [-0.25, -0.2) is 0 Å². The molecule has 0 spiro atoms. The number of nitrogens with one attached hydrogen (secondary N) is 1. The number of benzene rings is 1. The van der Waals surface area contributed by atoms with Crippen molar-refractivity contribution in [3.63, 3.8) is 0 Å². The minimum atomic E-state index is -0.110. The number of para-hydroxylation sites is 1. The number of aromatic nitrogens is 1. The van der Waals surface area contributed by atoms with Crippen molar-refractivity contribution in [2.75, 3.05) is 13.1 Å². The molecule has 1 amide bonds. The van der Waals surface area contributed by atoms with Crippen LogP contribution in [0.2, 0.25) is 0 Å². The van der Waals surface area contributed by atoms with Gasteiger partial charge < -0.3 is 9.73 Å². The van der Waals surface area contributed by atoms with E-state index in [1.54, 1.807) is 6.20 Å². The van der Waals surface area contributed by atoms with Crippen molar-refractivity contribution in [1.29, 1.82) is 0 Å². The topological polar surface area (TPSA) is 58.4 Å². The van der Waals surface area contributed by atoms with E-state index >= 15 is 0 Å². The summed E-state index contributed by atoms with van der Waals surface area (Å²) in [6.45, 7) is 2.24. The average molecular weight is 398 g/mol. The Bertz CT molecular complexity index is 918. The van der Waals surface area contributed by atoms with Gasteiger partial charge in [-0.05, 0) is 62.0 Å². The molecule has 0 saturated carbocycles. The highest BCUT2D eigenvalue weighted by Crippen LogP contribution is 2.34. The number of hydrogen-bond acceptors (Lipinski definition) is 4. The van der Waals surface area contributed by atoms with Crippen molar-refractivity contribution in [1.82, 2.24) is 15.2 Å². The van der Waals surface area contributed by atoms with Gasteiger partial charge in [0, 0.05) is 29.9 Å². The molecule has 3 fully saturated rings. The molecule has 2 bridgehead atoms. The van der Waals surface area contributed by atoms with Crippen LogP contribution in [0.25, 0.3) is 11.0 Å². The molecule has 5 heterocycles. The molecule has 0 aliphatic carbocycles. The van der Waals surface area contributed by atoms with Crippen LogP contribution in [0.3, 0.4) is 0 Å². The van der Waals surface area contributed by atoms with Crippen LogP contribution in [-0.4, -0.2) is 41.0 Å². The van der Waals surface area contributed by atoms with E-state index < -0.39 is 0 Å². The van der Waals surface area contributed by atoms with Gasteiger partial charge in [0.15, 0.2) is 5.76 Å². The van der Waals surface area contributed by atoms with Gasteiger partial charge in [0.05, 0.1) is 0 Å². The maximum Gasteiger partial charge on any atom is 0.287 e. The van der Waals surface area contributed by atoms with Crippen molar-refractivity contribution in [3.05, 3.63) is 66.2 Å². The Morgan fingerprint density at radius 3 is 2.75 bits per heavy atom. The third-order valence-electron chi connectivity index (χ3n) is 6.08. The first-order chi connectivity index (χ1) is 13.3. The van der Waals surface area contributed by atoms with Crippen LogP contribution in [0.5, 0.6) is 0 Å². The number of nitrogens with zero attached hydrogens (tertiary/aromatic N) is 2. The van der Waals surface area contributed by atoms with E-state index in [0.717, 1.165) is 43.3 Å². The summed E-state index contributed by atoms with van der Waals surface area (Å²) in [5.41, 5.74) is 1.97. The van der Waals surface area contributed by atoms with Gasteiger partial charge in [0.2, 0.25) is 0 Å². The number of rotatable bonds is 4.